The summed E-state index contributed by atoms with van der Waals surface area (Å²) < 4.78 is 23.0. The van der Waals surface area contributed by atoms with Gasteiger partial charge in [0.25, 0.3) is 5.91 Å². The van der Waals surface area contributed by atoms with Crippen molar-refractivity contribution in [1.82, 2.24) is 15.0 Å². The number of amides is 1. The maximum atomic E-state index is 12.6. The first-order valence-corrected chi connectivity index (χ1v) is 10.2. The molecule has 8 heteroatoms. The fourth-order valence-corrected chi connectivity index (χ4v) is 3.33. The highest BCUT2D eigenvalue weighted by Crippen LogP contribution is 2.17. The lowest BCUT2D eigenvalue weighted by Gasteiger charge is -2.05. The van der Waals surface area contributed by atoms with Crippen LogP contribution in [0.2, 0.25) is 0 Å². The van der Waals surface area contributed by atoms with Crippen molar-refractivity contribution in [2.24, 2.45) is 0 Å². The van der Waals surface area contributed by atoms with E-state index in [4.69, 9.17) is 0 Å². The Hall–Kier alpha value is -3.00. The molecule has 0 aliphatic heterocycles. The predicted octanol–water partition coefficient (Wildman–Crippen LogP) is 2.85. The van der Waals surface area contributed by atoms with E-state index in [1.807, 2.05) is 32.0 Å². The molecule has 0 unspecified atom stereocenters. The van der Waals surface area contributed by atoms with Crippen molar-refractivity contribution in [2.75, 3.05) is 11.6 Å². The monoisotopic (exact) mass is 384 g/mol. The van der Waals surface area contributed by atoms with Crippen LogP contribution in [0.4, 0.5) is 5.69 Å². The maximum absolute atomic E-state index is 12.6. The number of aryl methyl sites for hydroxylation is 3. The summed E-state index contributed by atoms with van der Waals surface area (Å²) in [5, 5.41) is 11.4. The fraction of sp³-hybridized carbons (Fsp3) is 0.211. The van der Waals surface area contributed by atoms with E-state index in [0.717, 1.165) is 23.1 Å². The van der Waals surface area contributed by atoms with Gasteiger partial charge in [-0.15, -0.1) is 5.10 Å². The Morgan fingerprint density at radius 3 is 2.26 bits per heavy atom. The molecule has 27 heavy (non-hydrogen) atoms. The van der Waals surface area contributed by atoms with Gasteiger partial charge in [-0.25, -0.2) is 8.42 Å². The van der Waals surface area contributed by atoms with Crippen molar-refractivity contribution < 1.29 is 13.2 Å². The highest BCUT2D eigenvalue weighted by molar-refractivity contribution is 7.90. The molecule has 1 N–H and O–H groups in total. The van der Waals surface area contributed by atoms with E-state index in [2.05, 4.69) is 15.5 Å². The lowest BCUT2D eigenvalue weighted by Crippen LogP contribution is -2.14. The van der Waals surface area contributed by atoms with Crippen LogP contribution in [-0.4, -0.2) is 35.6 Å². The quantitative estimate of drug-likeness (QED) is 0.746. The SMILES string of the molecule is Cc1ccc(-n2nc(C)c(C(=O)Nc3ccc(S(C)(=O)=O)cc3)n2)c(C)c1. The van der Waals surface area contributed by atoms with Gasteiger partial charge < -0.3 is 5.32 Å². The number of aromatic nitrogens is 3. The molecule has 3 rings (SSSR count). The Morgan fingerprint density at radius 2 is 1.67 bits per heavy atom. The third-order valence-corrected chi connectivity index (χ3v) is 5.23. The number of benzene rings is 2. The summed E-state index contributed by atoms with van der Waals surface area (Å²) in [7, 11) is -3.28. The molecule has 0 aliphatic carbocycles. The number of rotatable bonds is 4. The molecule has 0 fully saturated rings. The fourth-order valence-electron chi connectivity index (χ4n) is 2.70. The highest BCUT2D eigenvalue weighted by Gasteiger charge is 2.17. The molecule has 140 valence electrons. The van der Waals surface area contributed by atoms with Crippen molar-refractivity contribution >= 4 is 21.4 Å². The molecule has 0 radical (unpaired) electrons. The lowest BCUT2D eigenvalue weighted by molar-refractivity contribution is 0.102. The number of hydrogen-bond donors (Lipinski definition) is 1. The zero-order chi connectivity index (χ0) is 19.8. The van der Waals surface area contributed by atoms with E-state index in [0.29, 0.717) is 11.4 Å². The summed E-state index contributed by atoms with van der Waals surface area (Å²) in [5.41, 5.74) is 4.14. The molecule has 7 nitrogen and oxygen atoms in total. The maximum Gasteiger partial charge on any atom is 0.278 e. The molecule has 0 saturated carbocycles. The summed E-state index contributed by atoms with van der Waals surface area (Å²) in [5.74, 6) is -0.407. The minimum Gasteiger partial charge on any atom is -0.321 e. The van der Waals surface area contributed by atoms with Crippen LogP contribution in [0.5, 0.6) is 0 Å². The van der Waals surface area contributed by atoms with Crippen LogP contribution in [0.3, 0.4) is 0 Å². The smallest absolute Gasteiger partial charge is 0.278 e. The van der Waals surface area contributed by atoms with Gasteiger partial charge in [0.15, 0.2) is 15.5 Å². The van der Waals surface area contributed by atoms with E-state index < -0.39 is 15.7 Å². The molecular formula is C19H20N4O3S. The van der Waals surface area contributed by atoms with E-state index in [-0.39, 0.29) is 10.6 Å². The van der Waals surface area contributed by atoms with Crippen molar-refractivity contribution in [3.05, 3.63) is 65.0 Å². The van der Waals surface area contributed by atoms with Gasteiger partial charge in [-0.2, -0.15) is 9.90 Å². The van der Waals surface area contributed by atoms with E-state index in [1.54, 1.807) is 6.92 Å². The van der Waals surface area contributed by atoms with Crippen LogP contribution in [0, 0.1) is 20.8 Å². The number of sulfone groups is 1. The summed E-state index contributed by atoms with van der Waals surface area (Å²) in [6, 6.07) is 11.9. The number of hydrogen-bond acceptors (Lipinski definition) is 5. The molecule has 1 aromatic heterocycles. The Labute approximate surface area is 158 Å². The van der Waals surface area contributed by atoms with E-state index >= 15 is 0 Å². The van der Waals surface area contributed by atoms with Gasteiger partial charge in [0.05, 0.1) is 16.3 Å². The van der Waals surface area contributed by atoms with Crippen molar-refractivity contribution in [3.8, 4) is 5.69 Å². The average molecular weight is 384 g/mol. The Kier molecular flexibility index (Phi) is 4.84. The third kappa shape index (κ3) is 4.06. The summed E-state index contributed by atoms with van der Waals surface area (Å²) >= 11 is 0. The van der Waals surface area contributed by atoms with Crippen LogP contribution in [0.25, 0.3) is 5.69 Å². The Bertz CT molecular complexity index is 1120. The second-order valence-electron chi connectivity index (χ2n) is 6.46. The molecule has 1 heterocycles. The van der Waals surface area contributed by atoms with Crippen LogP contribution >= 0.6 is 0 Å². The van der Waals surface area contributed by atoms with Gasteiger partial charge in [-0.3, -0.25) is 4.79 Å². The van der Waals surface area contributed by atoms with E-state index in [9.17, 15) is 13.2 Å². The number of carbonyl (C=O) groups excluding carboxylic acids is 1. The second-order valence-corrected chi connectivity index (χ2v) is 8.48. The standard InChI is InChI=1S/C19H20N4O3S/c1-12-5-10-17(13(2)11-12)23-21-14(3)18(22-23)19(24)20-15-6-8-16(9-7-15)27(4,25)26/h5-11H,1-4H3,(H,20,24). The van der Waals surface area contributed by atoms with Crippen molar-refractivity contribution in [3.63, 3.8) is 0 Å². The molecule has 3 aromatic rings. The summed E-state index contributed by atoms with van der Waals surface area (Å²) in [6.07, 6.45) is 1.13. The normalized spacial score (nSPS) is 11.4. The van der Waals surface area contributed by atoms with E-state index in [1.165, 1.54) is 29.1 Å². The first kappa shape index (κ1) is 18.8. The Morgan fingerprint density at radius 1 is 1.00 bits per heavy atom. The first-order chi connectivity index (χ1) is 12.6. The third-order valence-electron chi connectivity index (χ3n) is 4.11. The van der Waals surface area contributed by atoms with Gasteiger partial charge in [0.2, 0.25) is 0 Å². The van der Waals surface area contributed by atoms with Gasteiger partial charge in [-0.1, -0.05) is 17.7 Å². The first-order valence-electron chi connectivity index (χ1n) is 8.28. The number of nitrogens with zero attached hydrogens (tertiary/aromatic N) is 3. The molecule has 0 aliphatic rings. The van der Waals surface area contributed by atoms with Crippen molar-refractivity contribution in [1.29, 1.82) is 0 Å². The van der Waals surface area contributed by atoms with Gasteiger partial charge in [0.1, 0.15) is 0 Å². The molecule has 0 atom stereocenters. The number of anilines is 1. The molecule has 0 bridgehead atoms. The molecule has 1 amide bonds. The average Bonchev–Trinajstić information content (AvgIpc) is 2.96. The number of nitrogens with one attached hydrogen (secondary N) is 1. The van der Waals surface area contributed by atoms with Gasteiger partial charge >= 0.3 is 0 Å². The van der Waals surface area contributed by atoms with Crippen molar-refractivity contribution in [2.45, 2.75) is 25.7 Å². The second kappa shape index (κ2) is 6.96. The van der Waals surface area contributed by atoms with Crippen LogP contribution in [-0.2, 0) is 9.84 Å². The minimum absolute atomic E-state index is 0.192. The van der Waals surface area contributed by atoms with Gasteiger partial charge in [0, 0.05) is 11.9 Å². The Balaban J connectivity index is 1.84. The lowest BCUT2D eigenvalue weighted by atomic mass is 10.1. The van der Waals surface area contributed by atoms with Crippen LogP contribution in [0.15, 0.2) is 47.4 Å². The molecular weight excluding hydrogens is 364 g/mol. The van der Waals surface area contributed by atoms with Crippen LogP contribution < -0.4 is 5.32 Å². The zero-order valence-electron chi connectivity index (χ0n) is 15.5. The summed E-state index contributed by atoms with van der Waals surface area (Å²) in [6.45, 7) is 5.69. The molecule has 0 spiro atoms. The number of carbonyl (C=O) groups is 1. The molecule has 0 saturated heterocycles. The molecule has 2 aromatic carbocycles. The predicted molar refractivity (Wildman–Crippen MR) is 103 cm³/mol. The summed E-state index contributed by atoms with van der Waals surface area (Å²) in [4.78, 5) is 14.2. The highest BCUT2D eigenvalue weighted by atomic mass is 32.2. The minimum atomic E-state index is -3.28. The topological polar surface area (TPSA) is 94.0 Å². The van der Waals surface area contributed by atoms with Gasteiger partial charge in [-0.05, 0) is 56.7 Å². The zero-order valence-corrected chi connectivity index (χ0v) is 16.3. The largest absolute Gasteiger partial charge is 0.321 e. The van der Waals surface area contributed by atoms with Crippen LogP contribution in [0.1, 0.15) is 27.3 Å².